The van der Waals surface area contributed by atoms with Crippen LogP contribution in [0.25, 0.3) is 0 Å². The van der Waals surface area contributed by atoms with Crippen LogP contribution >= 0.6 is 0 Å². The molecule has 130 valence electrons. The number of carbonyl (C=O) groups excluding carboxylic acids is 1. The number of pyridine rings is 1. The van der Waals surface area contributed by atoms with E-state index in [1.165, 1.54) is 22.9 Å². The summed E-state index contributed by atoms with van der Waals surface area (Å²) in [4.78, 5) is 34.3. The quantitative estimate of drug-likeness (QED) is 0.486. The second kappa shape index (κ2) is 7.39. The summed E-state index contributed by atoms with van der Waals surface area (Å²) in [5.74, 6) is -1.16. The minimum absolute atomic E-state index is 0.0648. The van der Waals surface area contributed by atoms with Crippen LogP contribution in [0, 0.1) is 10.1 Å². The van der Waals surface area contributed by atoms with E-state index in [1.807, 2.05) is 13.8 Å². The Morgan fingerprint density at radius 3 is 2.76 bits per heavy atom. The van der Waals surface area contributed by atoms with E-state index in [9.17, 15) is 24.8 Å². The van der Waals surface area contributed by atoms with E-state index in [2.05, 4.69) is 10.5 Å². The maximum absolute atomic E-state index is 12.2. The van der Waals surface area contributed by atoms with Crippen molar-refractivity contribution in [2.45, 2.75) is 19.9 Å². The lowest BCUT2D eigenvalue weighted by atomic mass is 10.2. The van der Waals surface area contributed by atoms with E-state index in [4.69, 9.17) is 0 Å². The molecular weight excluding hydrogens is 328 g/mol. The number of amides is 1. The third-order valence-electron chi connectivity index (χ3n) is 3.35. The van der Waals surface area contributed by atoms with Gasteiger partial charge in [0.15, 0.2) is 5.75 Å². The Kier molecular flexibility index (Phi) is 5.28. The predicted molar refractivity (Wildman–Crippen MR) is 90.9 cm³/mol. The second-order valence-corrected chi connectivity index (χ2v) is 5.43. The number of aromatic nitrogens is 1. The molecule has 0 aliphatic carbocycles. The van der Waals surface area contributed by atoms with Crippen molar-refractivity contribution in [3.8, 4) is 5.75 Å². The van der Waals surface area contributed by atoms with Crippen LogP contribution in [0.5, 0.6) is 5.75 Å². The van der Waals surface area contributed by atoms with Crippen molar-refractivity contribution in [1.29, 1.82) is 0 Å². The molecule has 0 aliphatic heterocycles. The average molecular weight is 344 g/mol. The Bertz CT molecular complexity index is 902. The Hall–Kier alpha value is -3.49. The summed E-state index contributed by atoms with van der Waals surface area (Å²) in [5.41, 5.74) is 1.53. The van der Waals surface area contributed by atoms with Gasteiger partial charge in [0.25, 0.3) is 11.5 Å². The fourth-order valence-electron chi connectivity index (χ4n) is 2.08. The minimum Gasteiger partial charge on any atom is -0.502 e. The highest BCUT2D eigenvalue weighted by Crippen LogP contribution is 2.25. The number of nitro groups is 1. The van der Waals surface area contributed by atoms with Gasteiger partial charge >= 0.3 is 5.69 Å². The monoisotopic (exact) mass is 344 g/mol. The lowest BCUT2D eigenvalue weighted by Crippen LogP contribution is -2.31. The van der Waals surface area contributed by atoms with Crippen LogP contribution in [0.15, 0.2) is 46.4 Å². The molecule has 2 rings (SSSR count). The topological polar surface area (TPSA) is 127 Å². The van der Waals surface area contributed by atoms with Gasteiger partial charge in [0.1, 0.15) is 5.56 Å². The summed E-state index contributed by atoms with van der Waals surface area (Å²) in [6, 6.07) is 6.54. The van der Waals surface area contributed by atoms with E-state index in [-0.39, 0.29) is 11.6 Å². The summed E-state index contributed by atoms with van der Waals surface area (Å²) in [6.45, 7) is 3.64. The molecule has 1 heterocycles. The first kappa shape index (κ1) is 17.9. The lowest BCUT2D eigenvalue weighted by Gasteiger charge is -2.10. The molecule has 0 fully saturated rings. The number of hydrogen-bond donors (Lipinski definition) is 2. The maximum Gasteiger partial charge on any atom is 0.311 e. The Labute approximate surface area is 142 Å². The van der Waals surface area contributed by atoms with Gasteiger partial charge in [-0.2, -0.15) is 5.10 Å². The molecule has 0 radical (unpaired) electrons. The van der Waals surface area contributed by atoms with Crippen molar-refractivity contribution in [2.75, 3.05) is 0 Å². The molecule has 1 aromatic carbocycles. The molecule has 0 saturated heterocycles. The number of nitrogens with zero attached hydrogens (tertiary/aromatic N) is 3. The van der Waals surface area contributed by atoms with E-state index in [0.717, 1.165) is 12.1 Å². The molecule has 0 saturated carbocycles. The van der Waals surface area contributed by atoms with Gasteiger partial charge in [-0.3, -0.25) is 19.7 Å². The predicted octanol–water partition coefficient (Wildman–Crippen LogP) is 1.81. The van der Waals surface area contributed by atoms with E-state index >= 15 is 0 Å². The number of hydrogen-bond acceptors (Lipinski definition) is 6. The fourth-order valence-corrected chi connectivity index (χ4v) is 2.08. The highest BCUT2D eigenvalue weighted by Gasteiger charge is 2.14. The van der Waals surface area contributed by atoms with Crippen LogP contribution in [-0.4, -0.2) is 26.7 Å². The first-order valence-corrected chi connectivity index (χ1v) is 7.33. The molecule has 0 unspecified atom stereocenters. The van der Waals surface area contributed by atoms with E-state index in [0.29, 0.717) is 5.56 Å². The maximum atomic E-state index is 12.2. The molecule has 0 atom stereocenters. The lowest BCUT2D eigenvalue weighted by molar-refractivity contribution is -0.385. The number of nitrogens with one attached hydrogen (secondary N) is 1. The zero-order valence-electron chi connectivity index (χ0n) is 13.5. The number of phenols is 1. The number of benzene rings is 1. The summed E-state index contributed by atoms with van der Waals surface area (Å²) in [5, 5.41) is 23.8. The molecular formula is C16H16N4O5. The van der Waals surface area contributed by atoms with E-state index in [1.54, 1.807) is 12.3 Å². The van der Waals surface area contributed by atoms with Crippen molar-refractivity contribution in [2.24, 2.45) is 5.10 Å². The first-order valence-electron chi connectivity index (χ1n) is 7.33. The third-order valence-corrected chi connectivity index (χ3v) is 3.35. The van der Waals surface area contributed by atoms with Crippen molar-refractivity contribution in [3.63, 3.8) is 0 Å². The summed E-state index contributed by atoms with van der Waals surface area (Å²) < 4.78 is 1.42. The smallest absolute Gasteiger partial charge is 0.311 e. The normalized spacial score (nSPS) is 11.0. The zero-order valence-corrected chi connectivity index (χ0v) is 13.5. The molecule has 25 heavy (non-hydrogen) atoms. The Morgan fingerprint density at radius 2 is 2.12 bits per heavy atom. The largest absolute Gasteiger partial charge is 0.502 e. The number of carbonyl (C=O) groups is 1. The van der Waals surface area contributed by atoms with Crippen molar-refractivity contribution >= 4 is 17.8 Å². The van der Waals surface area contributed by atoms with Gasteiger partial charge < -0.3 is 9.67 Å². The number of hydrazone groups is 1. The highest BCUT2D eigenvalue weighted by atomic mass is 16.6. The molecule has 0 aliphatic rings. The van der Waals surface area contributed by atoms with Crippen molar-refractivity contribution in [3.05, 3.63) is 68.1 Å². The van der Waals surface area contributed by atoms with Crippen LogP contribution in [0.4, 0.5) is 5.69 Å². The van der Waals surface area contributed by atoms with Gasteiger partial charge in [-0.15, -0.1) is 0 Å². The Balaban J connectivity index is 2.17. The highest BCUT2D eigenvalue weighted by molar-refractivity contribution is 5.94. The third kappa shape index (κ3) is 4.08. The fraction of sp³-hybridized carbons (Fsp3) is 0.188. The average Bonchev–Trinajstić information content (AvgIpc) is 2.55. The SMILES string of the molecule is CC(C)n1cccc(C(=O)N/N=C\c2ccc(O)c([N+](=O)[O-])c2)c1=O. The number of nitro benzene ring substituents is 1. The minimum atomic E-state index is -0.733. The van der Waals surface area contributed by atoms with Gasteiger partial charge in [-0.05, 0) is 38.1 Å². The van der Waals surface area contributed by atoms with Gasteiger partial charge in [0.2, 0.25) is 0 Å². The van der Waals surface area contributed by atoms with Crippen LogP contribution in [0.3, 0.4) is 0 Å². The molecule has 2 N–H and O–H groups in total. The molecule has 0 spiro atoms. The molecule has 0 bridgehead atoms. The van der Waals surface area contributed by atoms with Gasteiger partial charge in [0, 0.05) is 23.9 Å². The van der Waals surface area contributed by atoms with Crippen molar-refractivity contribution < 1.29 is 14.8 Å². The molecule has 9 nitrogen and oxygen atoms in total. The van der Waals surface area contributed by atoms with Crippen LogP contribution in [0.1, 0.15) is 35.8 Å². The van der Waals surface area contributed by atoms with Gasteiger partial charge in [-0.1, -0.05) is 0 Å². The molecule has 9 heteroatoms. The van der Waals surface area contributed by atoms with Crippen LogP contribution in [-0.2, 0) is 0 Å². The molecule has 1 aromatic heterocycles. The summed E-state index contributed by atoms with van der Waals surface area (Å²) in [6.07, 6.45) is 2.76. The summed E-state index contributed by atoms with van der Waals surface area (Å²) >= 11 is 0. The molecule has 1 amide bonds. The molecule has 2 aromatic rings. The van der Waals surface area contributed by atoms with E-state index < -0.39 is 27.8 Å². The number of rotatable bonds is 5. The zero-order chi connectivity index (χ0) is 18.6. The van der Waals surface area contributed by atoms with Gasteiger partial charge in [-0.25, -0.2) is 5.43 Å². The standard InChI is InChI=1S/C16H16N4O5/c1-10(2)19-7-3-4-12(16(19)23)15(22)18-17-9-11-5-6-14(21)13(8-11)20(24)25/h3-10,21H,1-2H3,(H,18,22)/b17-9-. The first-order chi connectivity index (χ1) is 11.8. The number of phenolic OH excluding ortho intramolecular Hbond substituents is 1. The summed E-state index contributed by atoms with van der Waals surface area (Å²) in [7, 11) is 0. The van der Waals surface area contributed by atoms with Crippen LogP contribution < -0.4 is 11.0 Å². The van der Waals surface area contributed by atoms with Gasteiger partial charge in [0.05, 0.1) is 11.1 Å². The number of aromatic hydroxyl groups is 1. The van der Waals surface area contributed by atoms with Crippen molar-refractivity contribution in [1.82, 2.24) is 9.99 Å². The van der Waals surface area contributed by atoms with Crippen LogP contribution in [0.2, 0.25) is 0 Å². The Morgan fingerprint density at radius 1 is 1.40 bits per heavy atom. The second-order valence-electron chi connectivity index (χ2n) is 5.43.